The summed E-state index contributed by atoms with van der Waals surface area (Å²) in [5, 5.41) is 5.19. The molecule has 0 spiro atoms. The molecule has 0 bridgehead atoms. The van der Waals surface area contributed by atoms with E-state index in [0.29, 0.717) is 25.1 Å². The number of halogens is 4. The van der Waals surface area contributed by atoms with Gasteiger partial charge in [0.05, 0.1) is 11.1 Å². The highest BCUT2D eigenvalue weighted by Crippen LogP contribution is 2.33. The van der Waals surface area contributed by atoms with Crippen LogP contribution in [0, 0.1) is 5.82 Å². The van der Waals surface area contributed by atoms with Crippen molar-refractivity contribution in [1.29, 1.82) is 0 Å². The summed E-state index contributed by atoms with van der Waals surface area (Å²) in [6.45, 7) is 4.06. The van der Waals surface area contributed by atoms with E-state index >= 15 is 0 Å². The van der Waals surface area contributed by atoms with Crippen LogP contribution in [-0.4, -0.2) is 29.6 Å². The molecule has 150 valence electrons. The van der Waals surface area contributed by atoms with Gasteiger partial charge in [-0.2, -0.15) is 13.2 Å². The summed E-state index contributed by atoms with van der Waals surface area (Å²) in [6, 6.07) is 11.7. The fraction of sp³-hybridized carbons (Fsp3) is 0.350. The highest BCUT2D eigenvalue weighted by Gasteiger charge is 2.36. The molecule has 0 aromatic heterocycles. The van der Waals surface area contributed by atoms with Crippen LogP contribution in [-0.2, 0) is 12.7 Å². The number of carbonyl (C=O) groups excluding carboxylic acids is 1. The van der Waals surface area contributed by atoms with Gasteiger partial charge in [-0.3, -0.25) is 4.90 Å². The molecule has 4 nitrogen and oxygen atoms in total. The molecule has 1 fully saturated rings. The van der Waals surface area contributed by atoms with Crippen LogP contribution in [0.25, 0.3) is 0 Å². The molecule has 0 radical (unpaired) electrons. The average molecular weight is 395 g/mol. The van der Waals surface area contributed by atoms with E-state index in [9.17, 15) is 22.4 Å². The summed E-state index contributed by atoms with van der Waals surface area (Å²) in [5.41, 5.74) is -0.867. The van der Waals surface area contributed by atoms with Crippen LogP contribution in [0.2, 0.25) is 0 Å². The molecular formula is C20H21F4N3O. The number of anilines is 1. The van der Waals surface area contributed by atoms with Gasteiger partial charge in [-0.25, -0.2) is 9.18 Å². The Morgan fingerprint density at radius 2 is 1.89 bits per heavy atom. The molecule has 2 aromatic rings. The van der Waals surface area contributed by atoms with E-state index < -0.39 is 29.1 Å². The number of hydrogen-bond donors (Lipinski definition) is 2. The molecule has 28 heavy (non-hydrogen) atoms. The summed E-state index contributed by atoms with van der Waals surface area (Å²) in [7, 11) is 0. The molecule has 2 amide bonds. The van der Waals surface area contributed by atoms with E-state index in [4.69, 9.17) is 0 Å². The van der Waals surface area contributed by atoms with Crippen molar-refractivity contribution >= 4 is 11.7 Å². The highest BCUT2D eigenvalue weighted by atomic mass is 19.4. The number of alkyl halides is 3. The first-order valence-corrected chi connectivity index (χ1v) is 8.87. The Morgan fingerprint density at radius 1 is 1.18 bits per heavy atom. The van der Waals surface area contributed by atoms with Crippen molar-refractivity contribution in [2.45, 2.75) is 31.6 Å². The second kappa shape index (κ2) is 7.79. The predicted octanol–water partition coefficient (Wildman–Crippen LogP) is 4.63. The minimum Gasteiger partial charge on any atom is -0.331 e. The molecule has 1 aliphatic rings. The van der Waals surface area contributed by atoms with E-state index in [1.807, 2.05) is 37.3 Å². The van der Waals surface area contributed by atoms with Crippen molar-refractivity contribution in [3.63, 3.8) is 0 Å². The predicted molar refractivity (Wildman–Crippen MR) is 98.3 cm³/mol. The average Bonchev–Trinajstić information content (AvgIpc) is 2.96. The number of likely N-dealkylation sites (tertiary alicyclic amines) is 1. The number of nitrogens with zero attached hydrogens (tertiary/aromatic N) is 1. The minimum absolute atomic E-state index is 0.117. The van der Waals surface area contributed by atoms with Crippen LogP contribution in [0.4, 0.5) is 28.0 Å². The fourth-order valence-corrected chi connectivity index (χ4v) is 3.39. The quantitative estimate of drug-likeness (QED) is 0.742. The number of amides is 2. The van der Waals surface area contributed by atoms with Gasteiger partial charge in [0.1, 0.15) is 5.82 Å². The molecule has 1 saturated heterocycles. The fourth-order valence-electron chi connectivity index (χ4n) is 3.39. The Labute approximate surface area is 160 Å². The van der Waals surface area contributed by atoms with Gasteiger partial charge >= 0.3 is 12.2 Å². The Kier molecular flexibility index (Phi) is 5.60. The second-order valence-electron chi connectivity index (χ2n) is 7.28. The third kappa shape index (κ3) is 5.01. The number of rotatable bonds is 4. The third-order valence-corrected chi connectivity index (χ3v) is 4.75. The van der Waals surface area contributed by atoms with Crippen LogP contribution in [0.3, 0.4) is 0 Å². The van der Waals surface area contributed by atoms with Gasteiger partial charge in [0.25, 0.3) is 0 Å². The summed E-state index contributed by atoms with van der Waals surface area (Å²) in [5.74, 6) is -1.38. The lowest BCUT2D eigenvalue weighted by atomic mass is 10.0. The monoisotopic (exact) mass is 395 g/mol. The number of carbonyl (C=O) groups is 1. The van der Waals surface area contributed by atoms with Gasteiger partial charge in [-0.1, -0.05) is 30.3 Å². The lowest BCUT2D eigenvalue weighted by molar-refractivity contribution is -0.139. The standard InChI is InChI=1S/C20H21F4N3O/c1-19(9-10-27(13-19)12-14-5-3-2-4-6-14)26-18(28)25-15-7-8-17(21)16(11-15)20(22,23)24/h2-8,11H,9-10,12-13H2,1H3,(H2,25,26,28). The largest absolute Gasteiger partial charge is 0.419 e. The van der Waals surface area contributed by atoms with Gasteiger partial charge in [0.2, 0.25) is 0 Å². The molecule has 0 aliphatic carbocycles. The molecule has 2 N–H and O–H groups in total. The van der Waals surface area contributed by atoms with Gasteiger partial charge < -0.3 is 10.6 Å². The number of nitrogens with one attached hydrogen (secondary N) is 2. The normalized spacial score (nSPS) is 20.2. The van der Waals surface area contributed by atoms with Crippen molar-refractivity contribution in [3.05, 3.63) is 65.5 Å². The van der Waals surface area contributed by atoms with Crippen LogP contribution in [0.5, 0.6) is 0 Å². The van der Waals surface area contributed by atoms with Crippen molar-refractivity contribution in [2.24, 2.45) is 0 Å². The topological polar surface area (TPSA) is 44.4 Å². The van der Waals surface area contributed by atoms with E-state index in [0.717, 1.165) is 19.2 Å². The Hall–Kier alpha value is -2.61. The number of urea groups is 1. The molecule has 1 atom stereocenters. The van der Waals surface area contributed by atoms with E-state index in [2.05, 4.69) is 15.5 Å². The molecule has 1 unspecified atom stereocenters. The van der Waals surface area contributed by atoms with Crippen molar-refractivity contribution < 1.29 is 22.4 Å². The highest BCUT2D eigenvalue weighted by molar-refractivity contribution is 5.89. The second-order valence-corrected chi connectivity index (χ2v) is 7.28. The molecule has 1 aliphatic heterocycles. The third-order valence-electron chi connectivity index (χ3n) is 4.75. The van der Waals surface area contributed by atoms with Gasteiger partial charge in [0, 0.05) is 25.3 Å². The lowest BCUT2D eigenvalue weighted by Gasteiger charge is -2.26. The molecule has 2 aromatic carbocycles. The van der Waals surface area contributed by atoms with E-state index in [1.54, 1.807) is 0 Å². The van der Waals surface area contributed by atoms with Crippen molar-refractivity contribution in [1.82, 2.24) is 10.2 Å². The summed E-state index contributed by atoms with van der Waals surface area (Å²) >= 11 is 0. The number of benzene rings is 2. The van der Waals surface area contributed by atoms with Gasteiger partial charge in [-0.05, 0) is 37.1 Å². The van der Waals surface area contributed by atoms with Crippen molar-refractivity contribution in [2.75, 3.05) is 18.4 Å². The first-order chi connectivity index (χ1) is 13.1. The van der Waals surface area contributed by atoms with Gasteiger partial charge in [-0.15, -0.1) is 0 Å². The molecular weight excluding hydrogens is 374 g/mol. The zero-order valence-corrected chi connectivity index (χ0v) is 15.3. The summed E-state index contributed by atoms with van der Waals surface area (Å²) < 4.78 is 51.8. The maximum atomic E-state index is 13.4. The first-order valence-electron chi connectivity index (χ1n) is 8.87. The van der Waals surface area contributed by atoms with Crippen LogP contribution in [0.15, 0.2) is 48.5 Å². The molecule has 0 saturated carbocycles. The Morgan fingerprint density at radius 3 is 2.57 bits per heavy atom. The van der Waals surface area contributed by atoms with Crippen molar-refractivity contribution in [3.8, 4) is 0 Å². The molecule has 3 rings (SSSR count). The SMILES string of the molecule is CC1(NC(=O)Nc2ccc(F)c(C(F)(F)F)c2)CCN(Cc2ccccc2)C1. The van der Waals surface area contributed by atoms with Crippen LogP contribution < -0.4 is 10.6 Å². The van der Waals surface area contributed by atoms with Gasteiger partial charge in [0.15, 0.2) is 0 Å². The number of hydrogen-bond acceptors (Lipinski definition) is 2. The zero-order valence-electron chi connectivity index (χ0n) is 15.3. The Bertz CT molecular complexity index is 841. The maximum absolute atomic E-state index is 13.4. The molecule has 8 heteroatoms. The first kappa shape index (κ1) is 20.1. The zero-order chi connectivity index (χ0) is 20.4. The lowest BCUT2D eigenvalue weighted by Crippen LogP contribution is -2.49. The van der Waals surface area contributed by atoms with E-state index in [1.165, 1.54) is 5.56 Å². The summed E-state index contributed by atoms with van der Waals surface area (Å²) in [4.78, 5) is 14.5. The summed E-state index contributed by atoms with van der Waals surface area (Å²) in [6.07, 6.45) is -4.11. The Balaban J connectivity index is 1.59. The molecule has 1 heterocycles. The van der Waals surface area contributed by atoms with E-state index in [-0.39, 0.29) is 5.69 Å². The van der Waals surface area contributed by atoms with Crippen LogP contribution in [0.1, 0.15) is 24.5 Å². The van der Waals surface area contributed by atoms with Crippen LogP contribution >= 0.6 is 0 Å². The smallest absolute Gasteiger partial charge is 0.331 e. The minimum atomic E-state index is -4.83. The maximum Gasteiger partial charge on any atom is 0.419 e.